The van der Waals surface area contributed by atoms with E-state index in [4.69, 9.17) is 0 Å². The summed E-state index contributed by atoms with van der Waals surface area (Å²) in [4.78, 5) is 13.3. The van der Waals surface area contributed by atoms with E-state index in [1.807, 2.05) is 11.8 Å². The molecule has 0 aromatic rings. The number of ketones is 1. The average Bonchev–Trinajstić information content (AvgIpc) is 2.12. The zero-order chi connectivity index (χ0) is 11.1. The van der Waals surface area contributed by atoms with Crippen molar-refractivity contribution < 1.29 is 4.79 Å². The molecule has 0 amide bonds. The van der Waals surface area contributed by atoms with Gasteiger partial charge in [-0.15, -0.1) is 0 Å². The van der Waals surface area contributed by atoms with Crippen molar-refractivity contribution in [2.45, 2.75) is 45.7 Å². The minimum atomic E-state index is 0.281. The predicted molar refractivity (Wildman–Crippen MR) is 65.0 cm³/mol. The molecule has 0 aromatic heterocycles. The van der Waals surface area contributed by atoms with Gasteiger partial charge in [0.1, 0.15) is 5.78 Å². The summed E-state index contributed by atoms with van der Waals surface area (Å²) in [6.45, 7) is 6.00. The number of rotatable bonds is 7. The third-order valence-electron chi connectivity index (χ3n) is 2.68. The first-order chi connectivity index (χ1) is 6.52. The van der Waals surface area contributed by atoms with Gasteiger partial charge in [-0.3, -0.25) is 9.69 Å². The van der Waals surface area contributed by atoms with E-state index in [1.165, 1.54) is 0 Å². The highest BCUT2D eigenvalue weighted by Gasteiger charge is 2.18. The number of hydrogen-bond acceptors (Lipinski definition) is 3. The Bertz CT molecular complexity index is 173. The number of carbonyl (C=O) groups is 1. The van der Waals surface area contributed by atoms with Crippen molar-refractivity contribution in [2.75, 3.05) is 19.1 Å². The lowest BCUT2D eigenvalue weighted by Gasteiger charge is -2.31. The van der Waals surface area contributed by atoms with Crippen LogP contribution in [0.5, 0.6) is 0 Å². The number of thioether (sulfide) groups is 1. The van der Waals surface area contributed by atoms with Crippen LogP contribution in [-0.4, -0.2) is 41.8 Å². The zero-order valence-corrected chi connectivity index (χ0v) is 10.9. The van der Waals surface area contributed by atoms with E-state index in [1.54, 1.807) is 6.92 Å². The normalized spacial score (nSPS) is 15.6. The van der Waals surface area contributed by atoms with Crippen molar-refractivity contribution in [3.8, 4) is 0 Å². The molecule has 14 heavy (non-hydrogen) atoms. The van der Waals surface area contributed by atoms with Crippen LogP contribution in [-0.2, 0) is 4.79 Å². The maximum absolute atomic E-state index is 11.0. The van der Waals surface area contributed by atoms with Gasteiger partial charge in [0.15, 0.2) is 0 Å². The van der Waals surface area contributed by atoms with Gasteiger partial charge in [-0.05, 0) is 33.6 Å². The summed E-state index contributed by atoms with van der Waals surface area (Å²) in [6.07, 6.45) is 3.95. The van der Waals surface area contributed by atoms with E-state index in [0.717, 1.165) is 12.2 Å². The lowest BCUT2D eigenvalue weighted by molar-refractivity contribution is -0.118. The van der Waals surface area contributed by atoms with E-state index in [2.05, 4.69) is 32.1 Å². The molecular formula is C11H23NOS. The van der Waals surface area contributed by atoms with Gasteiger partial charge in [-0.2, -0.15) is 11.8 Å². The maximum Gasteiger partial charge on any atom is 0.131 e. The molecular weight excluding hydrogens is 194 g/mol. The van der Waals surface area contributed by atoms with E-state index in [-0.39, 0.29) is 5.78 Å². The van der Waals surface area contributed by atoms with Crippen molar-refractivity contribution in [3.05, 3.63) is 0 Å². The Labute approximate surface area is 92.4 Å². The topological polar surface area (TPSA) is 20.3 Å². The van der Waals surface area contributed by atoms with Crippen LogP contribution in [0.1, 0.15) is 33.6 Å². The Morgan fingerprint density at radius 1 is 1.50 bits per heavy atom. The van der Waals surface area contributed by atoms with Crippen LogP contribution in [0, 0.1) is 0 Å². The van der Waals surface area contributed by atoms with E-state index >= 15 is 0 Å². The molecule has 0 radical (unpaired) electrons. The molecule has 0 aromatic carbocycles. The molecule has 0 aliphatic rings. The highest BCUT2D eigenvalue weighted by Crippen LogP contribution is 2.13. The van der Waals surface area contributed by atoms with Gasteiger partial charge >= 0.3 is 0 Å². The van der Waals surface area contributed by atoms with Crippen LogP contribution in [0.4, 0.5) is 0 Å². The van der Waals surface area contributed by atoms with Gasteiger partial charge < -0.3 is 0 Å². The standard InChI is InChI=1S/C11H23NOS/c1-6-11(8-14-5)12(4)9(2)7-10(3)13/h9,11H,6-8H2,1-5H3. The van der Waals surface area contributed by atoms with Gasteiger partial charge in [0.25, 0.3) is 0 Å². The fraction of sp³-hybridized carbons (Fsp3) is 0.909. The fourth-order valence-electron chi connectivity index (χ4n) is 1.64. The molecule has 2 atom stereocenters. The Morgan fingerprint density at radius 3 is 2.43 bits per heavy atom. The van der Waals surface area contributed by atoms with Gasteiger partial charge in [0.2, 0.25) is 0 Å². The Morgan fingerprint density at radius 2 is 2.07 bits per heavy atom. The van der Waals surface area contributed by atoms with Crippen LogP contribution in [0.25, 0.3) is 0 Å². The second-order valence-electron chi connectivity index (χ2n) is 3.94. The molecule has 0 N–H and O–H groups in total. The summed E-state index contributed by atoms with van der Waals surface area (Å²) in [5, 5.41) is 0. The van der Waals surface area contributed by atoms with Crippen LogP contribution in [0.3, 0.4) is 0 Å². The van der Waals surface area contributed by atoms with Crippen molar-refractivity contribution in [3.63, 3.8) is 0 Å². The second kappa shape index (κ2) is 7.30. The van der Waals surface area contributed by atoms with Gasteiger partial charge in [0, 0.05) is 24.3 Å². The number of hydrogen-bond donors (Lipinski definition) is 0. The molecule has 0 rings (SSSR count). The molecule has 0 heterocycles. The molecule has 0 saturated carbocycles. The molecule has 2 nitrogen and oxygen atoms in total. The Kier molecular flexibility index (Phi) is 7.28. The largest absolute Gasteiger partial charge is 0.300 e. The summed E-state index contributed by atoms with van der Waals surface area (Å²) >= 11 is 1.87. The van der Waals surface area contributed by atoms with E-state index < -0.39 is 0 Å². The van der Waals surface area contributed by atoms with Crippen molar-refractivity contribution in [2.24, 2.45) is 0 Å². The summed E-state index contributed by atoms with van der Waals surface area (Å²) in [6, 6.07) is 0.962. The smallest absolute Gasteiger partial charge is 0.131 e. The lowest BCUT2D eigenvalue weighted by atomic mass is 10.1. The Hall–Kier alpha value is -0.0200. The summed E-state index contributed by atoms with van der Waals surface area (Å²) in [7, 11) is 2.12. The fourth-order valence-corrected chi connectivity index (χ4v) is 2.49. The molecule has 84 valence electrons. The second-order valence-corrected chi connectivity index (χ2v) is 4.85. The quantitative estimate of drug-likeness (QED) is 0.653. The first-order valence-corrected chi connectivity index (χ1v) is 6.62. The maximum atomic E-state index is 11.0. The van der Waals surface area contributed by atoms with Crippen molar-refractivity contribution >= 4 is 17.5 Å². The van der Waals surface area contributed by atoms with Crippen LogP contribution in [0.15, 0.2) is 0 Å². The average molecular weight is 217 g/mol. The summed E-state index contributed by atoms with van der Waals surface area (Å²) < 4.78 is 0. The van der Waals surface area contributed by atoms with Gasteiger partial charge in [0.05, 0.1) is 0 Å². The third kappa shape index (κ3) is 5.01. The molecule has 0 saturated heterocycles. The molecule has 0 fully saturated rings. The number of nitrogens with zero attached hydrogens (tertiary/aromatic N) is 1. The molecule has 0 aliphatic heterocycles. The molecule has 3 heteroatoms. The minimum Gasteiger partial charge on any atom is -0.300 e. The highest BCUT2D eigenvalue weighted by molar-refractivity contribution is 7.98. The molecule has 0 spiro atoms. The zero-order valence-electron chi connectivity index (χ0n) is 10.0. The lowest BCUT2D eigenvalue weighted by Crippen LogP contribution is -2.40. The number of Topliss-reactive ketones (excluding diaryl/α,β-unsaturated/α-hetero) is 1. The van der Waals surface area contributed by atoms with Gasteiger partial charge in [-0.1, -0.05) is 6.92 Å². The van der Waals surface area contributed by atoms with Crippen LogP contribution in [0.2, 0.25) is 0 Å². The molecule has 0 aliphatic carbocycles. The predicted octanol–water partition coefficient (Wildman–Crippen LogP) is 2.43. The van der Waals surface area contributed by atoms with Crippen molar-refractivity contribution in [1.82, 2.24) is 4.90 Å². The Balaban J connectivity index is 4.11. The SMILES string of the molecule is CCC(CSC)N(C)C(C)CC(C)=O. The summed E-state index contributed by atoms with van der Waals surface area (Å²) in [5.41, 5.74) is 0. The summed E-state index contributed by atoms with van der Waals surface area (Å²) in [5.74, 6) is 1.43. The van der Waals surface area contributed by atoms with Crippen LogP contribution >= 0.6 is 11.8 Å². The highest BCUT2D eigenvalue weighted by atomic mass is 32.2. The number of carbonyl (C=O) groups excluding carboxylic acids is 1. The molecule has 2 unspecified atom stereocenters. The monoisotopic (exact) mass is 217 g/mol. The van der Waals surface area contributed by atoms with Crippen LogP contribution < -0.4 is 0 Å². The molecule has 0 bridgehead atoms. The van der Waals surface area contributed by atoms with E-state index in [0.29, 0.717) is 18.5 Å². The minimum absolute atomic E-state index is 0.281. The first kappa shape index (κ1) is 14.0. The first-order valence-electron chi connectivity index (χ1n) is 5.23. The van der Waals surface area contributed by atoms with E-state index in [9.17, 15) is 4.79 Å². The third-order valence-corrected chi connectivity index (χ3v) is 3.40. The van der Waals surface area contributed by atoms with Crippen molar-refractivity contribution in [1.29, 1.82) is 0 Å². The van der Waals surface area contributed by atoms with Gasteiger partial charge in [-0.25, -0.2) is 0 Å².